The molecule has 2 fully saturated rings. The van der Waals surface area contributed by atoms with Gasteiger partial charge in [0.25, 0.3) is 0 Å². The number of rotatable bonds is 5. The fourth-order valence-electron chi connectivity index (χ4n) is 5.20. The van der Waals surface area contributed by atoms with Crippen molar-refractivity contribution < 1.29 is 4.74 Å². The van der Waals surface area contributed by atoms with Crippen molar-refractivity contribution >= 4 is 23.0 Å². The Hall–Kier alpha value is -2.90. The number of likely N-dealkylation sites (N-methyl/N-ethyl adjacent to an activating group) is 1. The van der Waals surface area contributed by atoms with Gasteiger partial charge in [0.2, 0.25) is 0 Å². The van der Waals surface area contributed by atoms with E-state index in [1.54, 1.807) is 0 Å². The summed E-state index contributed by atoms with van der Waals surface area (Å²) in [4.78, 5) is 9.31. The Labute approximate surface area is 201 Å². The number of morpholine rings is 1. The normalized spacial score (nSPS) is 20.9. The maximum absolute atomic E-state index is 5.71. The van der Waals surface area contributed by atoms with Crippen LogP contribution in [0.1, 0.15) is 41.7 Å². The molecule has 0 radical (unpaired) electrons. The van der Waals surface area contributed by atoms with Crippen LogP contribution >= 0.6 is 12.2 Å². The molecule has 5 rings (SSSR count). The van der Waals surface area contributed by atoms with Crippen LogP contribution in [0.3, 0.4) is 0 Å². The van der Waals surface area contributed by atoms with Crippen LogP contribution in [-0.2, 0) is 4.74 Å². The molecule has 2 aromatic heterocycles. The van der Waals surface area contributed by atoms with Gasteiger partial charge in [-0.15, -0.1) is 0 Å². The summed E-state index contributed by atoms with van der Waals surface area (Å²) in [5.74, 6) is 0. The lowest BCUT2D eigenvalue weighted by molar-refractivity contribution is 0.122. The van der Waals surface area contributed by atoms with Crippen LogP contribution in [0.4, 0.5) is 5.69 Å². The van der Waals surface area contributed by atoms with E-state index in [0.29, 0.717) is 0 Å². The number of nitrogens with one attached hydrogen (secondary N) is 1. The summed E-state index contributed by atoms with van der Waals surface area (Å²) in [6.45, 7) is 10.9. The lowest BCUT2D eigenvalue weighted by atomic mass is 9.97. The van der Waals surface area contributed by atoms with Gasteiger partial charge < -0.3 is 24.4 Å². The van der Waals surface area contributed by atoms with Crippen molar-refractivity contribution in [2.45, 2.75) is 32.9 Å². The fraction of sp³-hybridized carbons (Fsp3) is 0.385. The first-order chi connectivity index (χ1) is 16.1. The number of thiocarbonyl (C=S) groups is 1. The maximum atomic E-state index is 5.71. The third kappa shape index (κ3) is 4.00. The van der Waals surface area contributed by atoms with Gasteiger partial charge in [-0.1, -0.05) is 6.07 Å². The topological polar surface area (TPSA) is 45.6 Å². The highest BCUT2D eigenvalue weighted by atomic mass is 32.1. The molecule has 2 saturated heterocycles. The van der Waals surface area contributed by atoms with Crippen LogP contribution in [0.5, 0.6) is 0 Å². The van der Waals surface area contributed by atoms with Crippen molar-refractivity contribution in [3.8, 4) is 5.69 Å². The molecule has 2 aliphatic heterocycles. The zero-order valence-electron chi connectivity index (χ0n) is 19.5. The van der Waals surface area contributed by atoms with Crippen LogP contribution < -0.4 is 10.2 Å². The Morgan fingerprint density at radius 3 is 2.45 bits per heavy atom. The molecule has 4 heterocycles. The Morgan fingerprint density at radius 1 is 1.06 bits per heavy atom. The zero-order valence-corrected chi connectivity index (χ0v) is 20.3. The fourth-order valence-corrected chi connectivity index (χ4v) is 5.57. The first-order valence-corrected chi connectivity index (χ1v) is 12.1. The summed E-state index contributed by atoms with van der Waals surface area (Å²) in [6, 6.07) is 17.4. The second-order valence-electron chi connectivity index (χ2n) is 8.69. The summed E-state index contributed by atoms with van der Waals surface area (Å²) in [5.41, 5.74) is 7.19. The molecule has 6 nitrogen and oxygen atoms in total. The van der Waals surface area contributed by atoms with Crippen molar-refractivity contribution in [2.75, 3.05) is 37.7 Å². The number of hydrogen-bond donors (Lipinski definition) is 1. The van der Waals surface area contributed by atoms with Gasteiger partial charge in [0, 0.05) is 48.6 Å². The van der Waals surface area contributed by atoms with Crippen molar-refractivity contribution in [3.63, 3.8) is 0 Å². The van der Waals surface area contributed by atoms with E-state index in [9.17, 15) is 0 Å². The van der Waals surface area contributed by atoms with E-state index in [1.807, 2.05) is 18.3 Å². The summed E-state index contributed by atoms with van der Waals surface area (Å²) in [6.07, 6.45) is 1.85. The van der Waals surface area contributed by atoms with Crippen LogP contribution in [0.15, 0.2) is 54.7 Å². The number of ether oxygens (including phenoxy) is 1. The van der Waals surface area contributed by atoms with Gasteiger partial charge in [0.15, 0.2) is 5.11 Å². The number of hydrogen-bond acceptors (Lipinski definition) is 4. The number of aryl methyl sites for hydroxylation is 1. The largest absolute Gasteiger partial charge is 0.378 e. The summed E-state index contributed by atoms with van der Waals surface area (Å²) < 4.78 is 7.85. The highest BCUT2D eigenvalue weighted by Gasteiger charge is 2.40. The number of anilines is 1. The molecule has 3 aromatic rings. The zero-order chi connectivity index (χ0) is 22.9. The molecular formula is C26H31N5OS. The van der Waals surface area contributed by atoms with E-state index < -0.39 is 0 Å². The molecule has 0 saturated carbocycles. The minimum atomic E-state index is 0.0243. The van der Waals surface area contributed by atoms with E-state index in [2.05, 4.69) is 81.8 Å². The SMILES string of the molecule is CCN1C(=S)NC(c2ccccn2)C1c1cc(C)n(-c2ccc(N3CCOCC3)cc2)c1C. The van der Waals surface area contributed by atoms with Gasteiger partial charge in [-0.05, 0) is 81.0 Å². The minimum Gasteiger partial charge on any atom is -0.378 e. The molecule has 0 amide bonds. The lowest BCUT2D eigenvalue weighted by Crippen LogP contribution is -2.36. The van der Waals surface area contributed by atoms with Crippen LogP contribution in [0, 0.1) is 13.8 Å². The lowest BCUT2D eigenvalue weighted by Gasteiger charge is -2.29. The molecule has 33 heavy (non-hydrogen) atoms. The van der Waals surface area contributed by atoms with E-state index in [1.165, 1.54) is 28.3 Å². The second-order valence-corrected chi connectivity index (χ2v) is 9.08. The third-order valence-electron chi connectivity index (χ3n) is 6.81. The van der Waals surface area contributed by atoms with Crippen molar-refractivity contribution in [2.24, 2.45) is 0 Å². The Balaban J connectivity index is 1.50. The van der Waals surface area contributed by atoms with E-state index in [4.69, 9.17) is 17.0 Å². The van der Waals surface area contributed by atoms with Crippen LogP contribution in [0.2, 0.25) is 0 Å². The van der Waals surface area contributed by atoms with Gasteiger partial charge >= 0.3 is 0 Å². The molecule has 2 aliphatic rings. The average Bonchev–Trinajstić information content (AvgIpc) is 3.34. The predicted octanol–water partition coefficient (Wildman–Crippen LogP) is 4.32. The summed E-state index contributed by atoms with van der Waals surface area (Å²) in [5, 5.41) is 4.32. The van der Waals surface area contributed by atoms with Gasteiger partial charge in [-0.3, -0.25) is 4.98 Å². The molecule has 1 aromatic carbocycles. The molecule has 0 bridgehead atoms. The van der Waals surface area contributed by atoms with Crippen LogP contribution in [0.25, 0.3) is 5.69 Å². The molecule has 172 valence electrons. The highest BCUT2D eigenvalue weighted by molar-refractivity contribution is 7.80. The van der Waals surface area contributed by atoms with Crippen LogP contribution in [-0.4, -0.2) is 52.4 Å². The summed E-state index contributed by atoms with van der Waals surface area (Å²) in [7, 11) is 0. The Kier molecular flexibility index (Phi) is 6.08. The molecule has 0 spiro atoms. The van der Waals surface area contributed by atoms with E-state index >= 15 is 0 Å². The predicted molar refractivity (Wildman–Crippen MR) is 136 cm³/mol. The summed E-state index contributed by atoms with van der Waals surface area (Å²) >= 11 is 5.71. The first-order valence-electron chi connectivity index (χ1n) is 11.7. The molecular weight excluding hydrogens is 430 g/mol. The van der Waals surface area contributed by atoms with E-state index in [0.717, 1.165) is 43.7 Å². The molecule has 2 atom stereocenters. The van der Waals surface area contributed by atoms with Crippen molar-refractivity contribution in [1.29, 1.82) is 0 Å². The molecule has 1 N–H and O–H groups in total. The number of pyridine rings is 1. The average molecular weight is 462 g/mol. The Morgan fingerprint density at radius 2 is 1.79 bits per heavy atom. The van der Waals surface area contributed by atoms with Crippen molar-refractivity contribution in [3.05, 3.63) is 77.4 Å². The van der Waals surface area contributed by atoms with Crippen molar-refractivity contribution in [1.82, 2.24) is 19.8 Å². The second kappa shape index (κ2) is 9.15. The Bertz CT molecular complexity index is 1120. The minimum absolute atomic E-state index is 0.0243. The van der Waals surface area contributed by atoms with Gasteiger partial charge in [-0.2, -0.15) is 0 Å². The first kappa shape index (κ1) is 21.9. The number of nitrogens with zero attached hydrogens (tertiary/aromatic N) is 4. The number of aromatic nitrogens is 2. The smallest absolute Gasteiger partial charge is 0.170 e. The standard InChI is InChI=1S/C26H31N5OS/c1-4-30-25(24(28-26(30)33)23-7-5-6-12-27-23)22-17-18(2)31(19(22)3)21-10-8-20(9-11-21)29-13-15-32-16-14-29/h5-12,17,24-25H,4,13-16H2,1-3H3,(H,28,33). The molecule has 2 unspecified atom stereocenters. The highest BCUT2D eigenvalue weighted by Crippen LogP contribution is 2.41. The van der Waals surface area contributed by atoms with E-state index in [-0.39, 0.29) is 12.1 Å². The maximum Gasteiger partial charge on any atom is 0.170 e. The van der Waals surface area contributed by atoms with Gasteiger partial charge in [-0.25, -0.2) is 0 Å². The quantitative estimate of drug-likeness (QED) is 0.571. The molecule has 7 heteroatoms. The van der Waals surface area contributed by atoms with Gasteiger partial charge in [0.05, 0.1) is 31.0 Å². The third-order valence-corrected chi connectivity index (χ3v) is 7.16. The molecule has 0 aliphatic carbocycles. The van der Waals surface area contributed by atoms with Gasteiger partial charge in [0.1, 0.15) is 0 Å². The number of benzene rings is 1. The monoisotopic (exact) mass is 461 g/mol.